The number of halogens is 1. The van der Waals surface area contributed by atoms with Crippen molar-refractivity contribution in [3.63, 3.8) is 0 Å². The fraction of sp³-hybridized carbons (Fsp3) is 0.529. The van der Waals surface area contributed by atoms with Gasteiger partial charge in [-0.15, -0.1) is 0 Å². The fourth-order valence-electron chi connectivity index (χ4n) is 2.68. The molecule has 23 heavy (non-hydrogen) atoms. The van der Waals surface area contributed by atoms with Crippen LogP contribution in [0.2, 0.25) is 0 Å². The number of amides is 2. The molecule has 0 radical (unpaired) electrons. The van der Waals surface area contributed by atoms with Crippen molar-refractivity contribution in [1.82, 2.24) is 15.1 Å². The predicted octanol–water partition coefficient (Wildman–Crippen LogP) is 1.39. The van der Waals surface area contributed by atoms with Gasteiger partial charge in [0.15, 0.2) is 0 Å². The van der Waals surface area contributed by atoms with Crippen LogP contribution in [0.25, 0.3) is 0 Å². The van der Waals surface area contributed by atoms with Crippen LogP contribution in [0.15, 0.2) is 24.3 Å². The van der Waals surface area contributed by atoms with Gasteiger partial charge in [-0.05, 0) is 37.1 Å². The summed E-state index contributed by atoms with van der Waals surface area (Å²) >= 11 is 0. The summed E-state index contributed by atoms with van der Waals surface area (Å²) in [5.74, 6) is -0.487. The zero-order chi connectivity index (χ0) is 16.7. The van der Waals surface area contributed by atoms with E-state index in [1.165, 1.54) is 12.1 Å². The Bertz CT molecular complexity index is 544. The van der Waals surface area contributed by atoms with Gasteiger partial charge < -0.3 is 10.2 Å². The molecule has 1 aliphatic heterocycles. The van der Waals surface area contributed by atoms with E-state index in [1.807, 2.05) is 17.9 Å². The summed E-state index contributed by atoms with van der Waals surface area (Å²) in [6.07, 6.45) is 2.08. The summed E-state index contributed by atoms with van der Waals surface area (Å²) in [7, 11) is 0. The number of likely N-dealkylation sites (tertiary alicyclic amines) is 1. The third-order valence-corrected chi connectivity index (χ3v) is 4.01. The minimum absolute atomic E-state index is 0.0240. The standard InChI is InChI=1S/C17H24FN3O2/c1-2-20(12-14-6-5-7-15(18)10-14)13-16(22)19-11-17(23)21-8-3-4-9-21/h5-7,10H,2-4,8-9,11-13H2,1H3,(H,19,22). The molecule has 0 atom stereocenters. The molecule has 0 saturated carbocycles. The Kier molecular flexibility index (Phi) is 6.52. The van der Waals surface area contributed by atoms with Crippen LogP contribution in [0, 0.1) is 5.82 Å². The average Bonchev–Trinajstić information content (AvgIpc) is 3.06. The first-order valence-corrected chi connectivity index (χ1v) is 8.09. The molecule has 6 heteroatoms. The van der Waals surface area contributed by atoms with E-state index in [-0.39, 0.29) is 30.7 Å². The van der Waals surface area contributed by atoms with Gasteiger partial charge in [-0.3, -0.25) is 14.5 Å². The highest BCUT2D eigenvalue weighted by Gasteiger charge is 2.18. The second-order valence-corrected chi connectivity index (χ2v) is 5.80. The molecule has 0 bridgehead atoms. The number of carbonyl (C=O) groups is 2. The molecule has 1 saturated heterocycles. The van der Waals surface area contributed by atoms with Crippen LogP contribution >= 0.6 is 0 Å². The van der Waals surface area contributed by atoms with Crippen LogP contribution in [0.1, 0.15) is 25.3 Å². The van der Waals surface area contributed by atoms with Crippen LogP contribution < -0.4 is 5.32 Å². The Morgan fingerprint density at radius 2 is 2.04 bits per heavy atom. The average molecular weight is 321 g/mol. The maximum absolute atomic E-state index is 13.2. The highest BCUT2D eigenvalue weighted by atomic mass is 19.1. The normalized spacial score (nSPS) is 14.3. The lowest BCUT2D eigenvalue weighted by atomic mass is 10.2. The SMILES string of the molecule is CCN(CC(=O)NCC(=O)N1CCCC1)Cc1cccc(F)c1. The number of benzene rings is 1. The molecule has 2 amide bonds. The van der Waals surface area contributed by atoms with Gasteiger partial charge in [0.25, 0.3) is 0 Å². The molecular weight excluding hydrogens is 297 g/mol. The fourth-order valence-corrected chi connectivity index (χ4v) is 2.68. The van der Waals surface area contributed by atoms with Crippen LogP contribution in [0.5, 0.6) is 0 Å². The van der Waals surface area contributed by atoms with Crippen molar-refractivity contribution < 1.29 is 14.0 Å². The largest absolute Gasteiger partial charge is 0.346 e. The second kappa shape index (κ2) is 8.62. The molecule has 1 fully saturated rings. The van der Waals surface area contributed by atoms with E-state index in [0.717, 1.165) is 31.5 Å². The molecule has 1 N–H and O–H groups in total. The van der Waals surface area contributed by atoms with Crippen LogP contribution in [0.4, 0.5) is 4.39 Å². The van der Waals surface area contributed by atoms with Crippen molar-refractivity contribution in [2.24, 2.45) is 0 Å². The van der Waals surface area contributed by atoms with E-state index >= 15 is 0 Å². The van der Waals surface area contributed by atoms with Crippen LogP contribution in [0.3, 0.4) is 0 Å². The first-order chi connectivity index (χ1) is 11.1. The van der Waals surface area contributed by atoms with E-state index in [0.29, 0.717) is 13.1 Å². The highest BCUT2D eigenvalue weighted by Crippen LogP contribution is 2.08. The van der Waals surface area contributed by atoms with Gasteiger partial charge >= 0.3 is 0 Å². The molecule has 1 aliphatic rings. The minimum Gasteiger partial charge on any atom is -0.346 e. The van der Waals surface area contributed by atoms with E-state index in [2.05, 4.69) is 5.32 Å². The molecule has 126 valence electrons. The molecule has 0 unspecified atom stereocenters. The lowest BCUT2D eigenvalue weighted by molar-refractivity contribution is -0.132. The first-order valence-electron chi connectivity index (χ1n) is 8.09. The van der Waals surface area contributed by atoms with Gasteiger partial charge in [-0.2, -0.15) is 0 Å². The summed E-state index contributed by atoms with van der Waals surface area (Å²) in [5.41, 5.74) is 0.827. The number of nitrogens with one attached hydrogen (secondary N) is 1. The van der Waals surface area contributed by atoms with Crippen molar-refractivity contribution in [1.29, 1.82) is 0 Å². The number of nitrogens with zero attached hydrogens (tertiary/aromatic N) is 2. The lowest BCUT2D eigenvalue weighted by Gasteiger charge is -2.20. The Balaban J connectivity index is 1.76. The molecule has 0 aliphatic carbocycles. The van der Waals surface area contributed by atoms with E-state index in [4.69, 9.17) is 0 Å². The van der Waals surface area contributed by atoms with Gasteiger partial charge in [0.1, 0.15) is 5.82 Å². The zero-order valence-corrected chi connectivity index (χ0v) is 13.6. The van der Waals surface area contributed by atoms with Crippen molar-refractivity contribution in [2.45, 2.75) is 26.3 Å². The van der Waals surface area contributed by atoms with Crippen molar-refractivity contribution in [3.8, 4) is 0 Å². The van der Waals surface area contributed by atoms with E-state index in [1.54, 1.807) is 11.0 Å². The minimum atomic E-state index is -0.279. The first kappa shape index (κ1) is 17.4. The maximum atomic E-state index is 13.2. The number of carbonyl (C=O) groups excluding carboxylic acids is 2. The summed E-state index contributed by atoms with van der Waals surface area (Å²) in [5, 5.41) is 2.68. The van der Waals surface area contributed by atoms with Gasteiger partial charge in [-0.25, -0.2) is 4.39 Å². The number of likely N-dealkylation sites (N-methyl/N-ethyl adjacent to an activating group) is 1. The molecular formula is C17H24FN3O2. The van der Waals surface area contributed by atoms with E-state index in [9.17, 15) is 14.0 Å². The monoisotopic (exact) mass is 321 g/mol. The number of hydrogen-bond donors (Lipinski definition) is 1. The highest BCUT2D eigenvalue weighted by molar-refractivity contribution is 5.85. The van der Waals surface area contributed by atoms with Crippen LogP contribution in [-0.2, 0) is 16.1 Å². The Morgan fingerprint density at radius 1 is 1.30 bits per heavy atom. The number of hydrogen-bond acceptors (Lipinski definition) is 3. The molecule has 2 rings (SSSR count). The topological polar surface area (TPSA) is 52.7 Å². The molecule has 1 aromatic rings. The van der Waals surface area contributed by atoms with Crippen LogP contribution in [-0.4, -0.2) is 54.3 Å². The molecule has 5 nitrogen and oxygen atoms in total. The zero-order valence-electron chi connectivity index (χ0n) is 13.6. The molecule has 0 aromatic heterocycles. The maximum Gasteiger partial charge on any atom is 0.241 e. The third-order valence-electron chi connectivity index (χ3n) is 4.01. The molecule has 1 heterocycles. The summed E-state index contributed by atoms with van der Waals surface area (Å²) in [4.78, 5) is 27.6. The quantitative estimate of drug-likeness (QED) is 0.826. The lowest BCUT2D eigenvalue weighted by Crippen LogP contribution is -2.42. The number of rotatable bonds is 7. The van der Waals surface area contributed by atoms with E-state index < -0.39 is 0 Å². The second-order valence-electron chi connectivity index (χ2n) is 5.80. The summed E-state index contributed by atoms with van der Waals surface area (Å²) in [6.45, 7) is 4.94. The van der Waals surface area contributed by atoms with Crippen molar-refractivity contribution >= 4 is 11.8 Å². The predicted molar refractivity (Wildman–Crippen MR) is 86.2 cm³/mol. The summed E-state index contributed by atoms with van der Waals surface area (Å²) in [6, 6.07) is 6.36. The van der Waals surface area contributed by atoms with Gasteiger partial charge in [0, 0.05) is 19.6 Å². The van der Waals surface area contributed by atoms with Gasteiger partial charge in [0.05, 0.1) is 13.1 Å². The van der Waals surface area contributed by atoms with Crippen molar-refractivity contribution in [3.05, 3.63) is 35.6 Å². The Morgan fingerprint density at radius 3 is 2.70 bits per heavy atom. The third kappa shape index (κ3) is 5.63. The van der Waals surface area contributed by atoms with Gasteiger partial charge in [0.2, 0.25) is 11.8 Å². The summed E-state index contributed by atoms with van der Waals surface area (Å²) < 4.78 is 13.2. The smallest absolute Gasteiger partial charge is 0.241 e. The van der Waals surface area contributed by atoms with Crippen molar-refractivity contribution in [2.75, 3.05) is 32.7 Å². The Hall–Kier alpha value is -1.95. The van der Waals surface area contributed by atoms with Gasteiger partial charge in [-0.1, -0.05) is 19.1 Å². The molecule has 0 spiro atoms. The Labute approximate surface area is 136 Å². The molecule has 1 aromatic carbocycles.